The van der Waals surface area contributed by atoms with Crippen molar-refractivity contribution in [3.05, 3.63) is 69.4 Å². The van der Waals surface area contributed by atoms with Crippen LogP contribution in [0.1, 0.15) is 46.1 Å². The van der Waals surface area contributed by atoms with Gasteiger partial charge in [-0.3, -0.25) is 15.4 Å². The molecule has 2 heterocycles. The molecule has 2 aromatic heterocycles. The van der Waals surface area contributed by atoms with Crippen LogP contribution < -0.4 is 11.1 Å². The van der Waals surface area contributed by atoms with Gasteiger partial charge in [0.05, 0.1) is 33.4 Å². The molecule has 0 spiro atoms. The Labute approximate surface area is 161 Å². The van der Waals surface area contributed by atoms with Crippen LogP contribution in [0.2, 0.25) is 0 Å². The number of anilines is 2. The molecule has 0 amide bonds. The molecule has 0 saturated carbocycles. The molecule has 1 atom stereocenters. The third-order valence-corrected chi connectivity index (χ3v) is 5.53. The van der Waals surface area contributed by atoms with E-state index in [-0.39, 0.29) is 6.04 Å². The van der Waals surface area contributed by atoms with Crippen LogP contribution in [-0.4, -0.2) is 15.7 Å². The normalized spacial score (nSPS) is 15.6. The van der Waals surface area contributed by atoms with E-state index in [4.69, 9.17) is 16.4 Å². The van der Waals surface area contributed by atoms with Gasteiger partial charge in [0.1, 0.15) is 6.07 Å². The molecule has 1 unspecified atom stereocenters. The Morgan fingerprint density at radius 1 is 1.33 bits per heavy atom. The number of hydrogen-bond donors (Lipinski definition) is 3. The molecule has 0 saturated heterocycles. The Balaban J connectivity index is 1.62. The number of fused-ring (bicyclic) bond motifs is 1. The van der Waals surface area contributed by atoms with Crippen LogP contribution in [0.4, 0.5) is 11.4 Å². The molecule has 7 heteroatoms. The largest absolute Gasteiger partial charge is 0.398 e. The minimum absolute atomic E-state index is 0.0792. The van der Waals surface area contributed by atoms with Gasteiger partial charge in [-0.1, -0.05) is 0 Å². The fraction of sp³-hybridized carbons (Fsp3) is 0.200. The van der Waals surface area contributed by atoms with Crippen molar-refractivity contribution in [1.29, 1.82) is 10.7 Å². The van der Waals surface area contributed by atoms with Crippen molar-refractivity contribution >= 4 is 28.4 Å². The Hall–Kier alpha value is -3.24. The first-order valence-electron chi connectivity index (χ1n) is 8.68. The van der Waals surface area contributed by atoms with Crippen LogP contribution in [0.5, 0.6) is 0 Å². The Morgan fingerprint density at radius 3 is 3.00 bits per heavy atom. The molecule has 3 aromatic rings. The van der Waals surface area contributed by atoms with Crippen LogP contribution in [0.25, 0.3) is 0 Å². The Bertz CT molecular complexity index is 1040. The van der Waals surface area contributed by atoms with Gasteiger partial charge in [-0.25, -0.2) is 0 Å². The van der Waals surface area contributed by atoms with Crippen molar-refractivity contribution in [3.8, 4) is 6.07 Å². The van der Waals surface area contributed by atoms with Gasteiger partial charge in [0.25, 0.3) is 0 Å². The lowest BCUT2D eigenvalue weighted by Crippen LogP contribution is -2.19. The third kappa shape index (κ3) is 3.39. The van der Waals surface area contributed by atoms with E-state index in [0.29, 0.717) is 22.5 Å². The summed E-state index contributed by atoms with van der Waals surface area (Å²) in [5.41, 5.74) is 13.1. The summed E-state index contributed by atoms with van der Waals surface area (Å²) >= 11 is 1.42. The van der Waals surface area contributed by atoms with Crippen molar-refractivity contribution < 1.29 is 0 Å². The fourth-order valence-corrected chi connectivity index (χ4v) is 3.99. The Morgan fingerprint density at radius 2 is 2.22 bits per heavy atom. The molecule has 0 bridgehead atoms. The van der Waals surface area contributed by atoms with E-state index in [1.165, 1.54) is 11.3 Å². The van der Waals surface area contributed by atoms with Gasteiger partial charge in [-0.05, 0) is 49.1 Å². The van der Waals surface area contributed by atoms with E-state index < -0.39 is 0 Å². The highest BCUT2D eigenvalue weighted by atomic mass is 32.1. The highest BCUT2D eigenvalue weighted by Crippen LogP contribution is 2.32. The topological polar surface area (TPSA) is 111 Å². The monoisotopic (exact) mass is 374 g/mol. The van der Waals surface area contributed by atoms with Crippen molar-refractivity contribution in [2.75, 3.05) is 11.1 Å². The van der Waals surface area contributed by atoms with Crippen molar-refractivity contribution in [1.82, 2.24) is 9.97 Å². The predicted molar refractivity (Wildman–Crippen MR) is 107 cm³/mol. The number of aryl methyl sites for hydroxylation is 1. The quantitative estimate of drug-likeness (QED) is 0.474. The summed E-state index contributed by atoms with van der Waals surface area (Å²) in [6, 6.07) is 9.83. The maximum atomic E-state index is 9.09. The zero-order valence-electron chi connectivity index (χ0n) is 14.6. The molecule has 27 heavy (non-hydrogen) atoms. The maximum absolute atomic E-state index is 9.09. The van der Waals surface area contributed by atoms with E-state index in [2.05, 4.69) is 21.4 Å². The average molecular weight is 374 g/mol. The second kappa shape index (κ2) is 7.17. The molecule has 1 aliphatic rings. The van der Waals surface area contributed by atoms with Gasteiger partial charge in [0, 0.05) is 29.3 Å². The number of thiazole rings is 1. The molecule has 4 N–H and O–H groups in total. The fourth-order valence-electron chi connectivity index (χ4n) is 3.41. The summed E-state index contributed by atoms with van der Waals surface area (Å²) in [6.07, 6.45) is 6.27. The van der Waals surface area contributed by atoms with Crippen LogP contribution in [-0.2, 0) is 6.42 Å². The predicted octanol–water partition coefficient (Wildman–Crippen LogP) is 3.90. The summed E-state index contributed by atoms with van der Waals surface area (Å²) in [7, 11) is 0. The first kappa shape index (κ1) is 17.2. The Kier molecular flexibility index (Phi) is 4.57. The van der Waals surface area contributed by atoms with Crippen molar-refractivity contribution in [2.45, 2.75) is 25.3 Å². The number of nitriles is 1. The summed E-state index contributed by atoms with van der Waals surface area (Å²) in [6.45, 7) is 0. The summed E-state index contributed by atoms with van der Waals surface area (Å²) in [4.78, 5) is 9.35. The first-order chi connectivity index (χ1) is 13.2. The second-order valence-corrected chi connectivity index (χ2v) is 7.40. The lowest BCUT2D eigenvalue weighted by molar-refractivity contribution is 0.583. The molecule has 0 aliphatic heterocycles. The maximum Gasteiger partial charge on any atom is 0.101 e. The van der Waals surface area contributed by atoms with Gasteiger partial charge < -0.3 is 11.1 Å². The van der Waals surface area contributed by atoms with Crippen LogP contribution in [0, 0.1) is 16.7 Å². The average Bonchev–Trinajstić information content (AvgIpc) is 3.23. The zero-order chi connectivity index (χ0) is 18.8. The molecule has 6 nitrogen and oxygen atoms in total. The number of benzene rings is 1. The highest BCUT2D eigenvalue weighted by Gasteiger charge is 2.22. The molecule has 4 rings (SSSR count). The minimum atomic E-state index is 0.0792. The molecule has 1 aliphatic carbocycles. The van der Waals surface area contributed by atoms with Gasteiger partial charge in [-0.2, -0.15) is 5.26 Å². The van der Waals surface area contributed by atoms with E-state index in [9.17, 15) is 0 Å². The first-order valence-corrected chi connectivity index (χ1v) is 9.56. The van der Waals surface area contributed by atoms with E-state index >= 15 is 0 Å². The van der Waals surface area contributed by atoms with Gasteiger partial charge in [0.15, 0.2) is 0 Å². The number of rotatable bonds is 4. The highest BCUT2D eigenvalue weighted by molar-refractivity contribution is 7.12. The lowest BCUT2D eigenvalue weighted by Gasteiger charge is -2.26. The smallest absolute Gasteiger partial charge is 0.101 e. The van der Waals surface area contributed by atoms with Gasteiger partial charge in [-0.15, -0.1) is 11.3 Å². The molecule has 134 valence electrons. The lowest BCUT2D eigenvalue weighted by atomic mass is 9.91. The number of aromatic nitrogens is 2. The number of nitrogens with one attached hydrogen (secondary N) is 2. The number of nitrogens with two attached hydrogens (primary N) is 1. The number of nitrogens with zero attached hydrogens (tertiary/aromatic N) is 3. The molecular weight excluding hydrogens is 356 g/mol. The number of hydrogen-bond acceptors (Lipinski definition) is 7. The van der Waals surface area contributed by atoms with Crippen molar-refractivity contribution in [3.63, 3.8) is 0 Å². The van der Waals surface area contributed by atoms with Crippen LogP contribution >= 0.6 is 11.3 Å². The standard InChI is InChI=1S/C20H18N6S/c21-8-12-6-13-2-1-3-17(20(13)25-9-12)26-14-4-5-16(22)15(7-14)19(23)18-10-24-11-27-18/h4-7,9-11,17,23,26H,1-3,22H2. The molecule has 0 fully saturated rings. The molecular formula is C20H18N6S. The SMILES string of the molecule is N#Cc1cnc2c(c1)CCCC2Nc1ccc(N)c(C(=N)c2cncs2)c1. The number of pyridine rings is 1. The van der Waals surface area contributed by atoms with Gasteiger partial charge >= 0.3 is 0 Å². The van der Waals surface area contributed by atoms with E-state index in [0.717, 1.165) is 41.1 Å². The third-order valence-electron chi connectivity index (χ3n) is 4.74. The van der Waals surface area contributed by atoms with Crippen LogP contribution in [0.15, 0.2) is 42.2 Å². The van der Waals surface area contributed by atoms with E-state index in [1.54, 1.807) is 17.9 Å². The van der Waals surface area contributed by atoms with Gasteiger partial charge in [0.2, 0.25) is 0 Å². The molecule has 1 aromatic carbocycles. The molecule has 0 radical (unpaired) electrons. The minimum Gasteiger partial charge on any atom is -0.398 e. The van der Waals surface area contributed by atoms with Crippen molar-refractivity contribution in [2.24, 2.45) is 0 Å². The van der Waals surface area contributed by atoms with E-state index in [1.807, 2.05) is 24.3 Å². The summed E-state index contributed by atoms with van der Waals surface area (Å²) in [5, 5.41) is 21.0. The van der Waals surface area contributed by atoms with Crippen LogP contribution in [0.3, 0.4) is 0 Å². The zero-order valence-corrected chi connectivity index (χ0v) is 15.4. The number of nitrogen functional groups attached to an aromatic ring is 1. The second-order valence-electron chi connectivity index (χ2n) is 6.51. The summed E-state index contributed by atoms with van der Waals surface area (Å²) in [5.74, 6) is 0. The summed E-state index contributed by atoms with van der Waals surface area (Å²) < 4.78 is 0.